The summed E-state index contributed by atoms with van der Waals surface area (Å²) in [6.07, 6.45) is 3.52. The number of para-hydroxylation sites is 1. The molecule has 0 spiro atoms. The standard InChI is InChI=1S/C14H10ClN3S/c15-11-3-1-2-4-12(11)17-14-18-13(9-19-14)10-5-7-16-8-6-10/h1-9H,(H,17,18). The van der Waals surface area contributed by atoms with Gasteiger partial charge in [0.1, 0.15) is 0 Å². The summed E-state index contributed by atoms with van der Waals surface area (Å²) in [6, 6.07) is 11.5. The van der Waals surface area contributed by atoms with Crippen LogP contribution in [0.4, 0.5) is 10.8 Å². The van der Waals surface area contributed by atoms with Crippen molar-refractivity contribution in [3.05, 3.63) is 59.2 Å². The van der Waals surface area contributed by atoms with E-state index in [9.17, 15) is 0 Å². The molecular formula is C14H10ClN3S. The number of rotatable bonds is 3. The number of aromatic nitrogens is 2. The Morgan fingerprint density at radius 3 is 2.63 bits per heavy atom. The molecule has 94 valence electrons. The van der Waals surface area contributed by atoms with E-state index in [1.54, 1.807) is 23.7 Å². The van der Waals surface area contributed by atoms with E-state index in [1.165, 1.54) is 0 Å². The van der Waals surface area contributed by atoms with Gasteiger partial charge in [-0.05, 0) is 24.3 Å². The molecule has 3 nitrogen and oxygen atoms in total. The van der Waals surface area contributed by atoms with Gasteiger partial charge in [0.05, 0.1) is 16.4 Å². The number of benzene rings is 1. The second-order valence-electron chi connectivity index (χ2n) is 3.88. The molecule has 0 saturated heterocycles. The summed E-state index contributed by atoms with van der Waals surface area (Å²) < 4.78 is 0. The van der Waals surface area contributed by atoms with Crippen molar-refractivity contribution in [2.45, 2.75) is 0 Å². The zero-order chi connectivity index (χ0) is 13.1. The highest BCUT2D eigenvalue weighted by molar-refractivity contribution is 7.14. The van der Waals surface area contributed by atoms with E-state index in [0.29, 0.717) is 5.02 Å². The summed E-state index contributed by atoms with van der Waals surface area (Å²) in [7, 11) is 0. The number of anilines is 2. The third-order valence-corrected chi connectivity index (χ3v) is 3.68. The zero-order valence-corrected chi connectivity index (χ0v) is 11.4. The first-order valence-corrected chi connectivity index (χ1v) is 6.96. The van der Waals surface area contributed by atoms with Crippen LogP contribution in [0.2, 0.25) is 5.02 Å². The molecule has 0 unspecified atom stereocenters. The summed E-state index contributed by atoms with van der Waals surface area (Å²) in [5, 5.41) is 6.73. The number of hydrogen-bond acceptors (Lipinski definition) is 4. The van der Waals surface area contributed by atoms with Gasteiger partial charge in [0.25, 0.3) is 0 Å². The molecule has 3 aromatic rings. The fraction of sp³-hybridized carbons (Fsp3) is 0. The molecule has 19 heavy (non-hydrogen) atoms. The smallest absolute Gasteiger partial charge is 0.187 e. The minimum absolute atomic E-state index is 0.683. The van der Waals surface area contributed by atoms with Crippen LogP contribution < -0.4 is 5.32 Å². The summed E-state index contributed by atoms with van der Waals surface area (Å²) in [4.78, 5) is 8.54. The number of hydrogen-bond donors (Lipinski definition) is 1. The van der Waals surface area contributed by atoms with E-state index >= 15 is 0 Å². The van der Waals surface area contributed by atoms with Gasteiger partial charge in [0.15, 0.2) is 5.13 Å². The summed E-state index contributed by atoms with van der Waals surface area (Å²) in [5.41, 5.74) is 2.85. The molecule has 5 heteroatoms. The van der Waals surface area contributed by atoms with Crippen LogP contribution in [-0.4, -0.2) is 9.97 Å². The minimum atomic E-state index is 0.683. The van der Waals surface area contributed by atoms with E-state index in [4.69, 9.17) is 11.6 Å². The average Bonchev–Trinajstić information content (AvgIpc) is 2.91. The summed E-state index contributed by atoms with van der Waals surface area (Å²) in [6.45, 7) is 0. The molecule has 0 radical (unpaired) electrons. The predicted molar refractivity (Wildman–Crippen MR) is 80.1 cm³/mol. The maximum absolute atomic E-state index is 6.10. The van der Waals surface area contributed by atoms with Crippen LogP contribution in [0.25, 0.3) is 11.3 Å². The summed E-state index contributed by atoms with van der Waals surface area (Å²) in [5.74, 6) is 0. The first kappa shape index (κ1) is 12.1. The van der Waals surface area contributed by atoms with Gasteiger partial charge in [-0.3, -0.25) is 4.98 Å². The molecule has 2 aromatic heterocycles. The largest absolute Gasteiger partial charge is 0.330 e. The maximum atomic E-state index is 6.10. The Kier molecular flexibility index (Phi) is 3.44. The number of pyridine rings is 1. The van der Waals surface area contributed by atoms with Crippen molar-refractivity contribution in [1.82, 2.24) is 9.97 Å². The normalized spacial score (nSPS) is 10.4. The van der Waals surface area contributed by atoms with Gasteiger partial charge in [0.2, 0.25) is 0 Å². The Bertz CT molecular complexity index is 682. The molecule has 1 N–H and O–H groups in total. The van der Waals surface area contributed by atoms with Gasteiger partial charge in [-0.2, -0.15) is 0 Å². The highest BCUT2D eigenvalue weighted by Crippen LogP contribution is 2.29. The Balaban J connectivity index is 1.85. The van der Waals surface area contributed by atoms with E-state index in [0.717, 1.165) is 22.1 Å². The van der Waals surface area contributed by atoms with Crippen molar-refractivity contribution in [2.75, 3.05) is 5.32 Å². The van der Waals surface area contributed by atoms with Crippen LogP contribution >= 0.6 is 22.9 Å². The third kappa shape index (κ3) is 2.75. The van der Waals surface area contributed by atoms with Crippen LogP contribution in [0.1, 0.15) is 0 Å². The van der Waals surface area contributed by atoms with Gasteiger partial charge in [0, 0.05) is 23.3 Å². The fourth-order valence-corrected chi connectivity index (χ4v) is 2.58. The van der Waals surface area contributed by atoms with Crippen LogP contribution in [0.3, 0.4) is 0 Å². The zero-order valence-electron chi connectivity index (χ0n) is 9.88. The SMILES string of the molecule is Clc1ccccc1Nc1nc(-c2ccncc2)cs1. The third-order valence-electron chi connectivity index (χ3n) is 2.60. The van der Waals surface area contributed by atoms with Crippen molar-refractivity contribution in [3.63, 3.8) is 0 Å². The van der Waals surface area contributed by atoms with E-state index in [2.05, 4.69) is 15.3 Å². The monoisotopic (exact) mass is 287 g/mol. The van der Waals surface area contributed by atoms with Crippen molar-refractivity contribution in [2.24, 2.45) is 0 Å². The average molecular weight is 288 g/mol. The van der Waals surface area contributed by atoms with Crippen molar-refractivity contribution < 1.29 is 0 Å². The highest BCUT2D eigenvalue weighted by Gasteiger charge is 2.06. The van der Waals surface area contributed by atoms with E-state index in [1.807, 2.05) is 41.8 Å². The first-order valence-electron chi connectivity index (χ1n) is 5.70. The quantitative estimate of drug-likeness (QED) is 0.765. The van der Waals surface area contributed by atoms with Gasteiger partial charge >= 0.3 is 0 Å². The Labute approximate surface area is 119 Å². The number of nitrogens with zero attached hydrogens (tertiary/aromatic N) is 2. The minimum Gasteiger partial charge on any atom is -0.330 e. The van der Waals surface area contributed by atoms with Crippen LogP contribution in [0, 0.1) is 0 Å². The lowest BCUT2D eigenvalue weighted by atomic mass is 10.2. The van der Waals surface area contributed by atoms with Gasteiger partial charge in [-0.25, -0.2) is 4.98 Å². The van der Waals surface area contributed by atoms with Crippen molar-refractivity contribution in [1.29, 1.82) is 0 Å². The molecule has 2 heterocycles. The van der Waals surface area contributed by atoms with Crippen molar-refractivity contribution >= 4 is 33.8 Å². The van der Waals surface area contributed by atoms with Gasteiger partial charge < -0.3 is 5.32 Å². The van der Waals surface area contributed by atoms with Crippen LogP contribution in [-0.2, 0) is 0 Å². The highest BCUT2D eigenvalue weighted by atomic mass is 35.5. The molecule has 0 saturated carbocycles. The molecule has 3 rings (SSSR count). The molecule has 0 atom stereocenters. The Hall–Kier alpha value is -1.91. The second-order valence-corrected chi connectivity index (χ2v) is 5.14. The van der Waals surface area contributed by atoms with Crippen LogP contribution in [0.5, 0.6) is 0 Å². The number of thiazole rings is 1. The first-order chi connectivity index (χ1) is 9.33. The van der Waals surface area contributed by atoms with Crippen LogP contribution in [0.15, 0.2) is 54.2 Å². The lowest BCUT2D eigenvalue weighted by molar-refractivity contribution is 1.31. The molecule has 1 aromatic carbocycles. The lowest BCUT2D eigenvalue weighted by Gasteiger charge is -2.03. The van der Waals surface area contributed by atoms with Gasteiger partial charge in [-0.15, -0.1) is 11.3 Å². The second kappa shape index (κ2) is 5.38. The topological polar surface area (TPSA) is 37.8 Å². The molecular weight excluding hydrogens is 278 g/mol. The predicted octanol–water partition coefficient (Wildman–Crippen LogP) is 4.60. The Morgan fingerprint density at radius 2 is 1.84 bits per heavy atom. The number of nitrogens with one attached hydrogen (secondary N) is 1. The number of halogens is 1. The molecule has 0 fully saturated rings. The summed E-state index contributed by atoms with van der Waals surface area (Å²) >= 11 is 7.65. The Morgan fingerprint density at radius 1 is 1.05 bits per heavy atom. The van der Waals surface area contributed by atoms with Gasteiger partial charge in [-0.1, -0.05) is 23.7 Å². The molecule has 0 aliphatic rings. The van der Waals surface area contributed by atoms with E-state index in [-0.39, 0.29) is 0 Å². The fourth-order valence-electron chi connectivity index (χ4n) is 1.66. The molecule has 0 amide bonds. The van der Waals surface area contributed by atoms with Crippen molar-refractivity contribution in [3.8, 4) is 11.3 Å². The molecule has 0 bridgehead atoms. The van der Waals surface area contributed by atoms with E-state index < -0.39 is 0 Å². The molecule has 0 aliphatic carbocycles. The molecule has 0 aliphatic heterocycles. The maximum Gasteiger partial charge on any atom is 0.187 e. The lowest BCUT2D eigenvalue weighted by Crippen LogP contribution is -1.90.